The Balaban J connectivity index is 1.28. The lowest BCUT2D eigenvalue weighted by atomic mass is 10.00. The molecule has 2 aromatic rings. The molecule has 3 heterocycles. The predicted molar refractivity (Wildman–Crippen MR) is 107 cm³/mol. The highest BCUT2D eigenvalue weighted by atomic mass is 32.1. The van der Waals surface area contributed by atoms with Crippen molar-refractivity contribution < 1.29 is 14.1 Å². The predicted octanol–water partition coefficient (Wildman–Crippen LogP) is 3.69. The van der Waals surface area contributed by atoms with Gasteiger partial charge in [-0.05, 0) is 43.7 Å². The number of nitrogens with zero attached hydrogens (tertiary/aromatic N) is 2. The average molecular weight is 392 g/mol. The summed E-state index contributed by atoms with van der Waals surface area (Å²) >= 11 is 1.60. The minimum atomic E-state index is -0.0809. The number of rotatable bonds is 10. The van der Waals surface area contributed by atoms with Gasteiger partial charge < -0.3 is 19.5 Å². The number of hydrogen-bond donors (Lipinski definition) is 1. The summed E-state index contributed by atoms with van der Waals surface area (Å²) in [6.07, 6.45) is 6.16. The van der Waals surface area contributed by atoms with Crippen molar-refractivity contribution in [2.75, 3.05) is 26.2 Å². The second kappa shape index (κ2) is 10.6. The lowest BCUT2D eigenvalue weighted by Crippen LogP contribution is -2.40. The number of carbonyl (C=O) groups is 1. The van der Waals surface area contributed by atoms with Gasteiger partial charge in [0, 0.05) is 25.2 Å². The molecule has 0 aromatic carbocycles. The number of piperidine rings is 1. The first-order valence-electron chi connectivity index (χ1n) is 9.84. The number of ether oxygens (including phenoxy) is 1. The van der Waals surface area contributed by atoms with E-state index in [4.69, 9.17) is 9.26 Å². The van der Waals surface area contributed by atoms with Crippen LogP contribution in [-0.4, -0.2) is 48.2 Å². The van der Waals surface area contributed by atoms with Crippen LogP contribution in [0.15, 0.2) is 28.1 Å². The molecule has 3 rings (SSSR count). The summed E-state index contributed by atoms with van der Waals surface area (Å²) in [5.41, 5.74) is 0.696. The fourth-order valence-corrected chi connectivity index (χ4v) is 4.21. The minimum absolute atomic E-state index is 0.0441. The largest absolute Gasteiger partial charge is 0.365 e. The first kappa shape index (κ1) is 20.0. The quantitative estimate of drug-likeness (QED) is 0.626. The van der Waals surface area contributed by atoms with E-state index in [1.165, 1.54) is 32.2 Å². The van der Waals surface area contributed by atoms with Crippen molar-refractivity contribution in [2.45, 2.75) is 51.7 Å². The monoisotopic (exact) mass is 391 g/mol. The molecule has 6 nitrogen and oxygen atoms in total. The van der Waals surface area contributed by atoms with Crippen LogP contribution in [0, 0.1) is 0 Å². The Bertz CT molecular complexity index is 686. The van der Waals surface area contributed by atoms with E-state index in [0.717, 1.165) is 29.6 Å². The Morgan fingerprint density at radius 3 is 3.22 bits per heavy atom. The lowest BCUT2D eigenvalue weighted by Gasteiger charge is -2.35. The van der Waals surface area contributed by atoms with Gasteiger partial charge >= 0.3 is 0 Å². The number of hydrogen-bond acceptors (Lipinski definition) is 6. The van der Waals surface area contributed by atoms with Crippen molar-refractivity contribution in [2.24, 2.45) is 0 Å². The third-order valence-corrected chi connectivity index (χ3v) is 5.86. The molecule has 1 aliphatic heterocycles. The summed E-state index contributed by atoms with van der Waals surface area (Å²) in [7, 11) is 0. The van der Waals surface area contributed by atoms with Crippen molar-refractivity contribution in [1.29, 1.82) is 0 Å². The summed E-state index contributed by atoms with van der Waals surface area (Å²) in [4.78, 5) is 15.5. The molecule has 0 saturated carbocycles. The van der Waals surface area contributed by atoms with E-state index in [0.29, 0.717) is 12.2 Å². The van der Waals surface area contributed by atoms with E-state index in [-0.39, 0.29) is 19.1 Å². The van der Waals surface area contributed by atoms with Crippen LogP contribution in [0.25, 0.3) is 10.6 Å². The first-order valence-corrected chi connectivity index (χ1v) is 10.7. The number of amides is 1. The van der Waals surface area contributed by atoms with E-state index in [1.54, 1.807) is 11.3 Å². The molecule has 7 heteroatoms. The summed E-state index contributed by atoms with van der Waals surface area (Å²) in [6, 6.07) is 6.53. The maximum atomic E-state index is 11.9. The third kappa shape index (κ3) is 6.16. The van der Waals surface area contributed by atoms with Crippen LogP contribution in [-0.2, 0) is 16.1 Å². The molecule has 1 atom stereocenters. The highest BCUT2D eigenvalue weighted by Gasteiger charge is 2.19. The first-order chi connectivity index (χ1) is 13.3. The second-order valence-corrected chi connectivity index (χ2v) is 7.90. The Morgan fingerprint density at radius 2 is 2.41 bits per heavy atom. The van der Waals surface area contributed by atoms with Crippen LogP contribution in [0.5, 0.6) is 0 Å². The molecule has 1 saturated heterocycles. The zero-order valence-electron chi connectivity index (χ0n) is 16.0. The van der Waals surface area contributed by atoms with E-state index in [9.17, 15) is 4.79 Å². The highest BCUT2D eigenvalue weighted by Crippen LogP contribution is 2.25. The topological polar surface area (TPSA) is 67.6 Å². The molecule has 148 valence electrons. The zero-order chi connectivity index (χ0) is 18.9. The van der Waals surface area contributed by atoms with Gasteiger partial charge in [0.2, 0.25) is 5.91 Å². The van der Waals surface area contributed by atoms with Crippen molar-refractivity contribution in [3.8, 4) is 10.6 Å². The summed E-state index contributed by atoms with van der Waals surface area (Å²) in [5.74, 6) is 0.652. The lowest BCUT2D eigenvalue weighted by molar-refractivity contribution is -0.126. The van der Waals surface area contributed by atoms with E-state index >= 15 is 0 Å². The molecule has 1 amide bonds. The third-order valence-electron chi connectivity index (χ3n) is 4.97. The summed E-state index contributed by atoms with van der Waals surface area (Å²) in [5, 5.41) is 8.91. The van der Waals surface area contributed by atoms with Crippen LogP contribution in [0.2, 0.25) is 0 Å². The van der Waals surface area contributed by atoms with Crippen molar-refractivity contribution >= 4 is 17.2 Å². The molecule has 27 heavy (non-hydrogen) atoms. The fourth-order valence-electron chi connectivity index (χ4n) is 3.54. The zero-order valence-corrected chi connectivity index (χ0v) is 16.8. The summed E-state index contributed by atoms with van der Waals surface area (Å²) in [6.45, 7) is 5.53. The minimum Gasteiger partial charge on any atom is -0.365 e. The second-order valence-electron chi connectivity index (χ2n) is 6.95. The molecule has 2 aromatic heterocycles. The smallest absolute Gasteiger partial charge is 0.246 e. The van der Waals surface area contributed by atoms with Crippen molar-refractivity contribution in [3.63, 3.8) is 0 Å². The molecule has 0 radical (unpaired) electrons. The van der Waals surface area contributed by atoms with E-state index in [1.807, 2.05) is 23.6 Å². The molecule has 1 N–H and O–H groups in total. The van der Waals surface area contributed by atoms with Crippen molar-refractivity contribution in [3.05, 3.63) is 29.3 Å². The standard InChI is InChI=1S/C20H29N3O3S/c1-2-17-7-3-4-10-23(17)11-6-9-21-20(24)15-25-14-16-13-18(26-22-16)19-8-5-12-27-19/h5,8,12-13,17H,2-4,6-7,9-11,14-15H2,1H3,(H,21,24). The average Bonchev–Trinajstić information content (AvgIpc) is 3.37. The van der Waals surface area contributed by atoms with Crippen LogP contribution in [0.4, 0.5) is 0 Å². The van der Waals surface area contributed by atoms with Gasteiger partial charge in [-0.25, -0.2) is 0 Å². The molecular formula is C20H29N3O3S. The fraction of sp³-hybridized carbons (Fsp3) is 0.600. The van der Waals surface area contributed by atoms with E-state index in [2.05, 4.69) is 22.3 Å². The Morgan fingerprint density at radius 1 is 1.48 bits per heavy atom. The van der Waals surface area contributed by atoms with Gasteiger partial charge in [0.15, 0.2) is 5.76 Å². The Hall–Kier alpha value is -1.70. The SMILES string of the molecule is CCC1CCCCN1CCCNC(=O)COCc1cc(-c2cccs2)on1. The molecule has 0 bridgehead atoms. The van der Waals surface area contributed by atoms with Gasteiger partial charge in [-0.3, -0.25) is 4.79 Å². The Labute approximate surface area is 164 Å². The maximum Gasteiger partial charge on any atom is 0.246 e. The maximum absolute atomic E-state index is 11.9. The molecule has 1 fully saturated rings. The van der Waals surface area contributed by atoms with Crippen molar-refractivity contribution in [1.82, 2.24) is 15.4 Å². The van der Waals surface area contributed by atoms with Gasteiger partial charge in [-0.15, -0.1) is 11.3 Å². The van der Waals surface area contributed by atoms with Crippen LogP contribution in [0.3, 0.4) is 0 Å². The highest BCUT2D eigenvalue weighted by molar-refractivity contribution is 7.13. The van der Waals surface area contributed by atoms with Gasteiger partial charge in [0.25, 0.3) is 0 Å². The number of likely N-dealkylation sites (tertiary alicyclic amines) is 1. The number of aromatic nitrogens is 1. The van der Waals surface area contributed by atoms with Crippen LogP contribution >= 0.6 is 11.3 Å². The molecule has 0 aliphatic carbocycles. The molecule has 1 unspecified atom stereocenters. The molecule has 0 spiro atoms. The number of nitrogens with one attached hydrogen (secondary N) is 1. The summed E-state index contributed by atoms with van der Waals surface area (Å²) < 4.78 is 10.7. The van der Waals surface area contributed by atoms with E-state index < -0.39 is 0 Å². The van der Waals surface area contributed by atoms with Crippen LogP contribution in [0.1, 0.15) is 44.7 Å². The van der Waals surface area contributed by atoms with Gasteiger partial charge in [-0.2, -0.15) is 0 Å². The number of thiophene rings is 1. The molecule has 1 aliphatic rings. The normalized spacial score (nSPS) is 17.9. The van der Waals surface area contributed by atoms with Gasteiger partial charge in [-0.1, -0.05) is 24.6 Å². The van der Waals surface area contributed by atoms with Gasteiger partial charge in [0.1, 0.15) is 12.3 Å². The number of carbonyl (C=O) groups excluding carboxylic acids is 1. The van der Waals surface area contributed by atoms with Crippen LogP contribution < -0.4 is 5.32 Å². The Kier molecular flexibility index (Phi) is 7.86. The molecular weight excluding hydrogens is 362 g/mol. The van der Waals surface area contributed by atoms with Gasteiger partial charge in [0.05, 0.1) is 11.5 Å².